The number of rotatable bonds is 6. The topological polar surface area (TPSA) is 41.1 Å². The average molecular weight is 226 g/mol. The lowest BCUT2D eigenvalue weighted by Crippen LogP contribution is -2.35. The molecule has 0 heterocycles. The van der Waals surface area contributed by atoms with Gasteiger partial charge in [0.05, 0.1) is 0 Å². The Kier molecular flexibility index (Phi) is 6.31. The van der Waals surface area contributed by atoms with Crippen molar-refractivity contribution in [1.29, 1.82) is 0 Å². The Morgan fingerprint density at radius 3 is 2.47 bits per heavy atom. The fraction of sp³-hybridized carbons (Fsp3) is 0.889. The monoisotopic (exact) mass is 226 g/mol. The molecule has 0 aromatic heterocycles. The molecule has 0 radical (unpaired) electrons. The third kappa shape index (κ3) is 8.23. The van der Waals surface area contributed by atoms with Crippen LogP contribution in [0.1, 0.15) is 19.8 Å². The lowest BCUT2D eigenvalue weighted by Gasteiger charge is -2.11. The molecule has 6 heteroatoms. The second kappa shape index (κ2) is 6.66. The van der Waals surface area contributed by atoms with E-state index in [1.165, 1.54) is 0 Å². The Labute approximate surface area is 87.4 Å². The molecule has 1 amide bonds. The van der Waals surface area contributed by atoms with Crippen LogP contribution in [0.4, 0.5) is 13.2 Å². The predicted molar refractivity (Wildman–Crippen MR) is 51.4 cm³/mol. The van der Waals surface area contributed by atoms with E-state index in [4.69, 9.17) is 0 Å². The van der Waals surface area contributed by atoms with Gasteiger partial charge in [-0.15, -0.1) is 0 Å². The maximum Gasteiger partial charge on any atom is 0.389 e. The van der Waals surface area contributed by atoms with E-state index in [2.05, 4.69) is 10.6 Å². The molecule has 0 rings (SSSR count). The average Bonchev–Trinajstić information content (AvgIpc) is 2.11. The van der Waals surface area contributed by atoms with Gasteiger partial charge in [-0.1, -0.05) is 6.92 Å². The summed E-state index contributed by atoms with van der Waals surface area (Å²) in [5.74, 6) is -0.438. The van der Waals surface area contributed by atoms with Gasteiger partial charge in [-0.25, -0.2) is 0 Å². The Balaban J connectivity index is 3.55. The van der Waals surface area contributed by atoms with Crippen molar-refractivity contribution in [2.75, 3.05) is 20.1 Å². The molecule has 0 saturated heterocycles. The van der Waals surface area contributed by atoms with Crippen molar-refractivity contribution in [1.82, 2.24) is 10.6 Å². The van der Waals surface area contributed by atoms with Crippen LogP contribution in [-0.2, 0) is 4.79 Å². The van der Waals surface area contributed by atoms with Crippen molar-refractivity contribution in [2.24, 2.45) is 5.92 Å². The molecule has 0 saturated carbocycles. The van der Waals surface area contributed by atoms with Crippen LogP contribution >= 0.6 is 0 Å². The molecule has 3 nitrogen and oxygen atoms in total. The molecule has 0 fully saturated rings. The SMILES string of the molecule is CNCC(C)C(=O)NCCCC(F)(F)F. The van der Waals surface area contributed by atoms with E-state index in [1.54, 1.807) is 14.0 Å². The second-order valence-corrected chi connectivity index (χ2v) is 3.47. The molecule has 1 atom stereocenters. The van der Waals surface area contributed by atoms with Crippen LogP contribution in [-0.4, -0.2) is 32.2 Å². The molecule has 0 aromatic carbocycles. The van der Waals surface area contributed by atoms with Gasteiger partial charge in [0.15, 0.2) is 0 Å². The lowest BCUT2D eigenvalue weighted by molar-refractivity contribution is -0.136. The van der Waals surface area contributed by atoms with E-state index in [0.717, 1.165) is 0 Å². The molecule has 0 aliphatic heterocycles. The fourth-order valence-electron chi connectivity index (χ4n) is 1.07. The van der Waals surface area contributed by atoms with Crippen LogP contribution in [0.3, 0.4) is 0 Å². The number of hydrogen-bond donors (Lipinski definition) is 2. The zero-order valence-corrected chi connectivity index (χ0v) is 8.95. The Bertz CT molecular complexity index is 194. The van der Waals surface area contributed by atoms with Crippen molar-refractivity contribution >= 4 is 5.91 Å². The van der Waals surface area contributed by atoms with Crippen molar-refractivity contribution in [3.8, 4) is 0 Å². The normalized spacial score (nSPS) is 13.7. The highest BCUT2D eigenvalue weighted by Gasteiger charge is 2.26. The molecule has 1 unspecified atom stereocenters. The van der Waals surface area contributed by atoms with E-state index in [0.29, 0.717) is 6.54 Å². The number of carbonyl (C=O) groups is 1. The van der Waals surface area contributed by atoms with E-state index in [1.807, 2.05) is 0 Å². The maximum absolute atomic E-state index is 11.7. The van der Waals surface area contributed by atoms with Crippen molar-refractivity contribution in [3.63, 3.8) is 0 Å². The van der Waals surface area contributed by atoms with Gasteiger partial charge in [0.2, 0.25) is 5.91 Å². The first-order valence-electron chi connectivity index (χ1n) is 4.86. The molecular weight excluding hydrogens is 209 g/mol. The van der Waals surface area contributed by atoms with Crippen LogP contribution in [0.2, 0.25) is 0 Å². The molecule has 0 spiro atoms. The molecule has 0 aliphatic carbocycles. The summed E-state index contributed by atoms with van der Waals surface area (Å²) in [5.41, 5.74) is 0. The largest absolute Gasteiger partial charge is 0.389 e. The first-order valence-corrected chi connectivity index (χ1v) is 4.86. The van der Waals surface area contributed by atoms with Crippen LogP contribution in [0.15, 0.2) is 0 Å². The van der Waals surface area contributed by atoms with E-state index < -0.39 is 12.6 Å². The lowest BCUT2D eigenvalue weighted by atomic mass is 10.1. The fourth-order valence-corrected chi connectivity index (χ4v) is 1.07. The number of hydrogen-bond acceptors (Lipinski definition) is 2. The predicted octanol–water partition coefficient (Wildman–Crippen LogP) is 1.30. The van der Waals surface area contributed by atoms with Crippen molar-refractivity contribution in [3.05, 3.63) is 0 Å². The molecule has 0 aromatic rings. The number of halogens is 3. The van der Waals surface area contributed by atoms with Gasteiger partial charge < -0.3 is 10.6 Å². The minimum atomic E-state index is -4.14. The summed E-state index contributed by atoms with van der Waals surface area (Å²) in [5, 5.41) is 5.28. The van der Waals surface area contributed by atoms with Gasteiger partial charge in [0, 0.05) is 25.4 Å². The first-order chi connectivity index (χ1) is 6.87. The van der Waals surface area contributed by atoms with Gasteiger partial charge >= 0.3 is 6.18 Å². The molecule has 90 valence electrons. The van der Waals surface area contributed by atoms with Crippen molar-refractivity contribution in [2.45, 2.75) is 25.9 Å². The zero-order chi connectivity index (χ0) is 11.9. The summed E-state index contributed by atoms with van der Waals surface area (Å²) < 4.78 is 35.2. The minimum absolute atomic E-state index is 0.0679. The van der Waals surface area contributed by atoms with Crippen LogP contribution in [0.25, 0.3) is 0 Å². The van der Waals surface area contributed by atoms with E-state index in [9.17, 15) is 18.0 Å². The highest BCUT2D eigenvalue weighted by atomic mass is 19.4. The Morgan fingerprint density at radius 1 is 1.40 bits per heavy atom. The van der Waals surface area contributed by atoms with E-state index >= 15 is 0 Å². The highest BCUT2D eigenvalue weighted by Crippen LogP contribution is 2.20. The quantitative estimate of drug-likeness (QED) is 0.670. The minimum Gasteiger partial charge on any atom is -0.356 e. The van der Waals surface area contributed by atoms with Gasteiger partial charge in [-0.05, 0) is 13.5 Å². The molecule has 0 bridgehead atoms. The standard InChI is InChI=1S/C9H17F3N2O/c1-7(6-13-2)8(15)14-5-3-4-9(10,11)12/h7,13H,3-6H2,1-2H3,(H,14,15). The Morgan fingerprint density at radius 2 is 2.00 bits per heavy atom. The van der Waals surface area contributed by atoms with Crippen LogP contribution < -0.4 is 10.6 Å². The number of alkyl halides is 3. The summed E-state index contributed by atoms with van der Waals surface area (Å²) >= 11 is 0. The van der Waals surface area contributed by atoms with Gasteiger partial charge in [-0.2, -0.15) is 13.2 Å². The summed E-state index contributed by atoms with van der Waals surface area (Å²) in [4.78, 5) is 11.2. The molecule has 15 heavy (non-hydrogen) atoms. The summed E-state index contributed by atoms with van der Waals surface area (Å²) in [6.45, 7) is 2.31. The third-order valence-electron chi connectivity index (χ3n) is 1.89. The summed E-state index contributed by atoms with van der Waals surface area (Å²) in [7, 11) is 1.72. The zero-order valence-electron chi connectivity index (χ0n) is 8.95. The summed E-state index contributed by atoms with van der Waals surface area (Å²) in [6, 6.07) is 0. The van der Waals surface area contributed by atoms with Gasteiger partial charge in [0.25, 0.3) is 0 Å². The molecule has 0 aliphatic rings. The van der Waals surface area contributed by atoms with E-state index in [-0.39, 0.29) is 24.8 Å². The smallest absolute Gasteiger partial charge is 0.356 e. The third-order valence-corrected chi connectivity index (χ3v) is 1.89. The van der Waals surface area contributed by atoms with Crippen molar-refractivity contribution < 1.29 is 18.0 Å². The first kappa shape index (κ1) is 14.2. The second-order valence-electron chi connectivity index (χ2n) is 3.47. The maximum atomic E-state index is 11.7. The van der Waals surface area contributed by atoms with Crippen LogP contribution in [0.5, 0.6) is 0 Å². The van der Waals surface area contributed by atoms with Gasteiger partial charge in [0.1, 0.15) is 0 Å². The molecule has 2 N–H and O–H groups in total. The number of nitrogens with one attached hydrogen (secondary N) is 2. The van der Waals surface area contributed by atoms with Crippen LogP contribution in [0, 0.1) is 5.92 Å². The van der Waals surface area contributed by atoms with Gasteiger partial charge in [-0.3, -0.25) is 4.79 Å². The Hall–Kier alpha value is -0.780. The number of carbonyl (C=O) groups excluding carboxylic acids is 1. The number of amides is 1. The summed E-state index contributed by atoms with van der Waals surface area (Å²) in [6.07, 6.45) is -5.06. The highest BCUT2D eigenvalue weighted by molar-refractivity contribution is 5.78. The molecular formula is C9H17F3N2O.